The molecule has 4 aromatic carbocycles. The molecule has 0 saturated heterocycles. The lowest BCUT2D eigenvalue weighted by atomic mass is 9.79. The molecule has 4 rings (SSSR count). The number of hydrogen-bond acceptors (Lipinski definition) is 5. The smallest absolute Gasteiger partial charge is 0.338 e. The lowest BCUT2D eigenvalue weighted by molar-refractivity contribution is -0.119. The normalized spacial score (nSPS) is 12.9. The maximum absolute atomic E-state index is 15.0. The summed E-state index contributed by atoms with van der Waals surface area (Å²) in [5.41, 5.74) is 2.29. The topological polar surface area (TPSA) is 72.9 Å². The van der Waals surface area contributed by atoms with Gasteiger partial charge in [-0.3, -0.25) is 4.79 Å². The molecule has 0 aliphatic carbocycles. The van der Waals surface area contributed by atoms with E-state index in [2.05, 4.69) is 47.6 Å². The Morgan fingerprint density at radius 3 is 1.63 bits per heavy atom. The summed E-state index contributed by atoms with van der Waals surface area (Å²) < 4.78 is 92.9. The third-order valence-corrected chi connectivity index (χ3v) is 10.0. The summed E-state index contributed by atoms with van der Waals surface area (Å²) in [6.45, 7) is 16.3. The Kier molecular flexibility index (Phi) is 13.0. The van der Waals surface area contributed by atoms with Crippen molar-refractivity contribution in [3.8, 4) is 0 Å². The Hall–Kier alpha value is -3.97. The minimum atomic E-state index is -3.07. The van der Waals surface area contributed by atoms with E-state index in [0.29, 0.717) is 16.3 Å². The molecule has 0 spiro atoms. The highest BCUT2D eigenvalue weighted by atomic mass is 35.5. The summed E-state index contributed by atoms with van der Waals surface area (Å²) in [7, 11) is 0. The van der Waals surface area contributed by atoms with Gasteiger partial charge in [0.15, 0.2) is 0 Å². The Labute approximate surface area is 321 Å². The van der Waals surface area contributed by atoms with Crippen molar-refractivity contribution in [2.24, 2.45) is 0 Å². The molecule has 1 atom stereocenters. The Balaban J connectivity index is 1.85. The van der Waals surface area contributed by atoms with Crippen molar-refractivity contribution >= 4 is 40.5 Å². The van der Waals surface area contributed by atoms with Gasteiger partial charge in [0, 0.05) is 10.7 Å². The van der Waals surface area contributed by atoms with E-state index >= 15 is 8.78 Å². The van der Waals surface area contributed by atoms with Gasteiger partial charge in [-0.05, 0) is 90.3 Å². The van der Waals surface area contributed by atoms with Gasteiger partial charge in [0.25, 0.3) is 4.90 Å². The van der Waals surface area contributed by atoms with E-state index in [9.17, 15) is 27.3 Å². The van der Waals surface area contributed by atoms with E-state index in [0.717, 1.165) is 21.0 Å². The molecule has 0 saturated carbocycles. The summed E-state index contributed by atoms with van der Waals surface area (Å²) in [6, 6.07) is 18.0. The molecule has 0 heterocycles. The van der Waals surface area contributed by atoms with Gasteiger partial charge in [-0.25, -0.2) is 18.0 Å². The zero-order valence-corrected chi connectivity index (χ0v) is 33.2. The van der Waals surface area contributed by atoms with Crippen LogP contribution in [0.25, 0.3) is 0 Å². The molecule has 0 aliphatic rings. The predicted molar refractivity (Wildman–Crippen MR) is 201 cm³/mol. The number of carbonyl (C=O) groups is 2. The molecule has 4 aromatic rings. The number of rotatable bonds is 10. The third kappa shape index (κ3) is 10.4. The molecule has 0 bridgehead atoms. The molecule has 1 unspecified atom stereocenters. The van der Waals surface area contributed by atoms with Crippen molar-refractivity contribution in [2.45, 2.75) is 96.7 Å². The van der Waals surface area contributed by atoms with E-state index in [-0.39, 0.29) is 22.9 Å². The quantitative estimate of drug-likeness (QED) is 0.0526. The maximum atomic E-state index is 15.0. The molecular formula is C41H44ClF5N2O4S. The molecule has 290 valence electrons. The lowest BCUT2D eigenvalue weighted by Gasteiger charge is -2.30. The second-order valence-electron chi connectivity index (χ2n) is 16.0. The minimum absolute atomic E-state index is 0.0401. The first-order valence-electron chi connectivity index (χ1n) is 17.1. The lowest BCUT2D eigenvalue weighted by Crippen LogP contribution is -2.43. The first-order valence-corrected chi connectivity index (χ1v) is 18.6. The first kappa shape index (κ1) is 42.8. The maximum Gasteiger partial charge on any atom is 0.338 e. The monoisotopic (exact) mass is 790 g/mol. The predicted octanol–water partition coefficient (Wildman–Crippen LogP) is 10.3. The molecular weight excluding hydrogens is 747 g/mol. The second-order valence-corrected chi connectivity index (χ2v) is 17.9. The van der Waals surface area contributed by atoms with Gasteiger partial charge in [0.2, 0.25) is 35.0 Å². The summed E-state index contributed by atoms with van der Waals surface area (Å²) in [6.07, 6.45) is 0. The molecule has 0 fully saturated rings. The number of carbonyl (C=O) groups excluding carboxylic acids is 2. The number of halogens is 6. The third-order valence-electron chi connectivity index (χ3n) is 8.34. The van der Waals surface area contributed by atoms with Crippen LogP contribution in [0.1, 0.15) is 94.9 Å². The van der Waals surface area contributed by atoms with E-state index in [1.54, 1.807) is 20.8 Å². The van der Waals surface area contributed by atoms with Crippen LogP contribution in [0.3, 0.4) is 0 Å². The number of ether oxygens (including phenoxy) is 1. The molecule has 0 aromatic heterocycles. The van der Waals surface area contributed by atoms with Crippen LogP contribution in [0.15, 0.2) is 71.6 Å². The van der Waals surface area contributed by atoms with E-state index in [4.69, 9.17) is 16.3 Å². The average molecular weight is 791 g/mol. The summed E-state index contributed by atoms with van der Waals surface area (Å²) >= 11 is 2.95. The highest BCUT2D eigenvalue weighted by Crippen LogP contribution is 2.33. The Morgan fingerprint density at radius 1 is 0.685 bits per heavy atom. The average Bonchev–Trinajstić information content (AvgIpc) is 3.08. The molecule has 54 heavy (non-hydrogen) atoms. The van der Waals surface area contributed by atoms with Crippen molar-refractivity contribution in [1.29, 1.82) is 0 Å². The molecule has 0 aliphatic heterocycles. The van der Waals surface area contributed by atoms with Crippen LogP contribution in [-0.2, 0) is 44.8 Å². The fourth-order valence-corrected chi connectivity index (χ4v) is 6.70. The van der Waals surface area contributed by atoms with Gasteiger partial charge in [-0.15, -0.1) is 4.31 Å². The van der Waals surface area contributed by atoms with E-state index in [1.165, 1.54) is 53.4 Å². The van der Waals surface area contributed by atoms with Crippen LogP contribution in [0.2, 0.25) is 5.02 Å². The zero-order chi connectivity index (χ0) is 40.5. The first-order chi connectivity index (χ1) is 24.9. The number of anilines is 1. The van der Waals surface area contributed by atoms with Crippen LogP contribution in [0, 0.1) is 29.1 Å². The van der Waals surface area contributed by atoms with Crippen LogP contribution in [-0.4, -0.2) is 32.9 Å². The number of benzene rings is 4. The zero-order valence-electron chi connectivity index (χ0n) is 31.7. The number of amides is 1. The molecule has 1 amide bonds. The number of esters is 1. The second kappa shape index (κ2) is 16.4. The minimum Gasteiger partial charge on any atom is -0.593 e. The molecule has 6 nitrogen and oxygen atoms in total. The number of hydrogen-bond donors (Lipinski definition) is 0. The number of nitrogens with zero attached hydrogens (tertiary/aromatic N) is 2. The Bertz CT molecular complexity index is 1950. The highest BCUT2D eigenvalue weighted by molar-refractivity contribution is 7.89. The Morgan fingerprint density at radius 2 is 1.17 bits per heavy atom. The van der Waals surface area contributed by atoms with Gasteiger partial charge < -0.3 is 14.2 Å². The summed E-state index contributed by atoms with van der Waals surface area (Å²) in [4.78, 5) is 27.1. The standard InChI is InChI=1S/C41H44ClF5N2O4S/c1-39(2,3)27-18-25(19-28(20-27)40(4,5)6)22-49(30-16-12-26(13-17-30)38(51)53-41(7,8)9)31(50)23-48(21-24-10-14-29(42)15-11-24)54(52)37-35(46)33(44)32(43)34(45)36(37)47/h10-20H,21-23H2,1-9H3. The van der Waals surface area contributed by atoms with Gasteiger partial charge in [-0.2, -0.15) is 8.78 Å². The van der Waals surface area contributed by atoms with Gasteiger partial charge in [0.1, 0.15) is 12.1 Å². The van der Waals surface area contributed by atoms with Crippen molar-refractivity contribution in [1.82, 2.24) is 4.31 Å². The molecule has 0 N–H and O–H groups in total. The summed E-state index contributed by atoms with van der Waals surface area (Å²) in [5, 5.41) is 0.343. The van der Waals surface area contributed by atoms with Crippen LogP contribution >= 0.6 is 11.6 Å². The van der Waals surface area contributed by atoms with E-state index < -0.39 is 75.9 Å². The van der Waals surface area contributed by atoms with Crippen molar-refractivity contribution in [3.63, 3.8) is 0 Å². The summed E-state index contributed by atoms with van der Waals surface area (Å²) in [5.74, 6) is -12.8. The fourth-order valence-electron chi connectivity index (χ4n) is 5.34. The van der Waals surface area contributed by atoms with Gasteiger partial charge in [0.05, 0.1) is 30.0 Å². The van der Waals surface area contributed by atoms with Crippen molar-refractivity contribution < 1.29 is 40.8 Å². The highest BCUT2D eigenvalue weighted by Gasteiger charge is 2.39. The van der Waals surface area contributed by atoms with Crippen LogP contribution in [0.4, 0.5) is 27.6 Å². The molecule has 0 radical (unpaired) electrons. The SMILES string of the molecule is CC(C)(C)OC(=O)c1ccc(N(Cc2cc(C(C)(C)C)cc(C(C)(C)C)c2)C(=O)CN(Cc2ccc(Cl)cc2)[S+]([O-])c2c(F)c(F)c(F)c(F)c2F)cc1. The van der Waals surface area contributed by atoms with Gasteiger partial charge >= 0.3 is 5.97 Å². The van der Waals surface area contributed by atoms with Gasteiger partial charge in [-0.1, -0.05) is 83.5 Å². The van der Waals surface area contributed by atoms with Crippen molar-refractivity contribution in [2.75, 3.05) is 11.4 Å². The van der Waals surface area contributed by atoms with E-state index in [1.807, 2.05) is 12.1 Å². The molecule has 13 heteroatoms. The largest absolute Gasteiger partial charge is 0.593 e. The van der Waals surface area contributed by atoms with Crippen LogP contribution < -0.4 is 4.90 Å². The fraction of sp³-hybridized carbons (Fsp3) is 0.366. The van der Waals surface area contributed by atoms with Crippen molar-refractivity contribution in [3.05, 3.63) is 129 Å². The van der Waals surface area contributed by atoms with Crippen LogP contribution in [0.5, 0.6) is 0 Å².